The van der Waals surface area contributed by atoms with Gasteiger partial charge in [0.05, 0.1) is 18.5 Å². The van der Waals surface area contributed by atoms with Crippen molar-refractivity contribution < 1.29 is 5.11 Å². The van der Waals surface area contributed by atoms with Crippen LogP contribution in [0.3, 0.4) is 0 Å². The molecule has 0 radical (unpaired) electrons. The first-order valence-electron chi connectivity index (χ1n) is 3.64. The lowest BCUT2D eigenvalue weighted by Gasteiger charge is -1.99. The maximum atomic E-state index is 8.80. The molecule has 0 aliphatic heterocycles. The fraction of sp³-hybridized carbons (Fsp3) is 0.143. The Balaban J connectivity index is 2.74. The molecule has 0 amide bonds. The number of nitrogen functional groups attached to an aromatic ring is 1. The third kappa shape index (κ3) is 1.27. The number of hydrogen-bond donors (Lipinski definition) is 2. The van der Waals surface area contributed by atoms with Gasteiger partial charge in [-0.05, 0) is 0 Å². The Labute approximate surface area is 73.5 Å². The molecule has 0 unspecified atom stereocenters. The van der Waals surface area contributed by atoms with Crippen LogP contribution in [-0.2, 0) is 6.61 Å². The zero-order chi connectivity index (χ0) is 9.26. The number of nitrogens with two attached hydrogens (primary N) is 1. The lowest BCUT2D eigenvalue weighted by atomic mass is 10.4. The van der Waals surface area contributed by atoms with Crippen LogP contribution in [0, 0.1) is 0 Å². The molecule has 2 heterocycles. The van der Waals surface area contributed by atoms with Crippen LogP contribution in [0.25, 0.3) is 11.2 Å². The molecule has 0 saturated heterocycles. The summed E-state index contributed by atoms with van der Waals surface area (Å²) >= 11 is 0. The van der Waals surface area contributed by atoms with E-state index in [4.69, 9.17) is 10.8 Å². The highest BCUT2D eigenvalue weighted by Gasteiger charge is 2.03. The first kappa shape index (κ1) is 7.81. The average Bonchev–Trinajstić information content (AvgIpc) is 2.18. The van der Waals surface area contributed by atoms with Crippen LogP contribution in [0.5, 0.6) is 0 Å². The average molecular weight is 177 g/mol. The highest BCUT2D eigenvalue weighted by Crippen LogP contribution is 2.11. The summed E-state index contributed by atoms with van der Waals surface area (Å²) in [5.41, 5.74) is 6.86. The second-order valence-electron chi connectivity index (χ2n) is 2.45. The molecular formula is C7H7N5O. The Morgan fingerprint density at radius 1 is 1.31 bits per heavy atom. The molecule has 0 aromatic carbocycles. The number of aliphatic hydroxyl groups excluding tert-OH is 1. The van der Waals surface area contributed by atoms with Crippen LogP contribution in [-0.4, -0.2) is 25.0 Å². The quantitative estimate of drug-likeness (QED) is 0.609. The van der Waals surface area contributed by atoms with Crippen molar-refractivity contribution in [2.45, 2.75) is 6.61 Å². The molecule has 6 nitrogen and oxygen atoms in total. The van der Waals surface area contributed by atoms with Gasteiger partial charge in [0.1, 0.15) is 6.33 Å². The van der Waals surface area contributed by atoms with Crippen molar-refractivity contribution in [3.05, 3.63) is 18.2 Å². The van der Waals surface area contributed by atoms with Crippen molar-refractivity contribution in [3.63, 3.8) is 0 Å². The van der Waals surface area contributed by atoms with Crippen molar-refractivity contribution in [1.29, 1.82) is 0 Å². The Bertz CT molecular complexity index is 444. The number of aromatic nitrogens is 4. The van der Waals surface area contributed by atoms with E-state index in [9.17, 15) is 0 Å². The van der Waals surface area contributed by atoms with Gasteiger partial charge in [0, 0.05) is 0 Å². The minimum atomic E-state index is -0.169. The van der Waals surface area contributed by atoms with Crippen LogP contribution in [0.1, 0.15) is 5.69 Å². The summed E-state index contributed by atoms with van der Waals surface area (Å²) in [7, 11) is 0. The lowest BCUT2D eigenvalue weighted by molar-refractivity contribution is 0.277. The maximum absolute atomic E-state index is 8.80. The largest absolute Gasteiger partial charge is 0.390 e. The van der Waals surface area contributed by atoms with Crippen molar-refractivity contribution >= 4 is 17.0 Å². The number of fused-ring (bicyclic) bond motifs is 1. The van der Waals surface area contributed by atoms with Gasteiger partial charge in [-0.2, -0.15) is 0 Å². The zero-order valence-corrected chi connectivity index (χ0v) is 6.68. The fourth-order valence-corrected chi connectivity index (χ4v) is 0.969. The zero-order valence-electron chi connectivity index (χ0n) is 6.68. The molecular weight excluding hydrogens is 170 g/mol. The van der Waals surface area contributed by atoms with E-state index in [-0.39, 0.29) is 12.4 Å². The van der Waals surface area contributed by atoms with Gasteiger partial charge in [-0.25, -0.2) is 19.9 Å². The normalized spacial score (nSPS) is 10.5. The summed E-state index contributed by atoms with van der Waals surface area (Å²) in [5.74, 6) is 0.271. The van der Waals surface area contributed by atoms with E-state index >= 15 is 0 Å². The van der Waals surface area contributed by atoms with E-state index in [0.29, 0.717) is 16.9 Å². The number of aliphatic hydroxyl groups is 1. The molecule has 13 heavy (non-hydrogen) atoms. The first-order chi connectivity index (χ1) is 6.31. The Morgan fingerprint density at radius 2 is 2.15 bits per heavy atom. The summed E-state index contributed by atoms with van der Waals surface area (Å²) in [6.45, 7) is -0.169. The lowest BCUT2D eigenvalue weighted by Crippen LogP contribution is -1.99. The van der Waals surface area contributed by atoms with E-state index in [0.717, 1.165) is 0 Å². The van der Waals surface area contributed by atoms with Crippen LogP contribution in [0.4, 0.5) is 5.82 Å². The van der Waals surface area contributed by atoms with Gasteiger partial charge in [0.15, 0.2) is 17.0 Å². The molecule has 3 N–H and O–H groups in total. The monoisotopic (exact) mass is 177 g/mol. The van der Waals surface area contributed by atoms with Crippen LogP contribution in [0.2, 0.25) is 0 Å². The van der Waals surface area contributed by atoms with Gasteiger partial charge < -0.3 is 10.8 Å². The van der Waals surface area contributed by atoms with E-state index in [1.165, 1.54) is 12.5 Å². The third-order valence-electron chi connectivity index (χ3n) is 1.58. The van der Waals surface area contributed by atoms with Crippen LogP contribution < -0.4 is 5.73 Å². The molecule has 2 rings (SSSR count). The van der Waals surface area contributed by atoms with Gasteiger partial charge in [-0.15, -0.1) is 0 Å². The predicted molar refractivity (Wildman–Crippen MR) is 45.5 cm³/mol. The standard InChI is InChI=1S/C7H7N5O/c8-6-5-7(11-3-10-6)9-1-4(2-13)12-5/h1,3,13H,2H2,(H2,8,9,10,11). The molecule has 2 aromatic rings. The highest BCUT2D eigenvalue weighted by molar-refractivity contribution is 5.80. The number of nitrogens with zero attached hydrogens (tertiary/aromatic N) is 4. The molecule has 0 aliphatic rings. The summed E-state index contributed by atoms with van der Waals surface area (Å²) < 4.78 is 0. The summed E-state index contributed by atoms with van der Waals surface area (Å²) in [4.78, 5) is 15.6. The topological polar surface area (TPSA) is 97.8 Å². The Hall–Kier alpha value is -1.82. The van der Waals surface area contributed by atoms with Gasteiger partial charge in [0.25, 0.3) is 0 Å². The smallest absolute Gasteiger partial charge is 0.183 e. The fourth-order valence-electron chi connectivity index (χ4n) is 0.969. The van der Waals surface area contributed by atoms with Crippen molar-refractivity contribution in [1.82, 2.24) is 19.9 Å². The van der Waals surface area contributed by atoms with Gasteiger partial charge >= 0.3 is 0 Å². The second-order valence-corrected chi connectivity index (χ2v) is 2.45. The van der Waals surface area contributed by atoms with Crippen LogP contribution in [0.15, 0.2) is 12.5 Å². The number of hydrogen-bond acceptors (Lipinski definition) is 6. The van der Waals surface area contributed by atoms with E-state index in [2.05, 4.69) is 19.9 Å². The molecule has 66 valence electrons. The third-order valence-corrected chi connectivity index (χ3v) is 1.58. The molecule has 0 fully saturated rings. The first-order valence-corrected chi connectivity index (χ1v) is 3.64. The van der Waals surface area contributed by atoms with E-state index < -0.39 is 0 Å². The van der Waals surface area contributed by atoms with Crippen molar-refractivity contribution in [2.24, 2.45) is 0 Å². The van der Waals surface area contributed by atoms with E-state index in [1.807, 2.05) is 0 Å². The Kier molecular flexibility index (Phi) is 1.75. The summed E-state index contributed by atoms with van der Waals surface area (Å²) in [5, 5.41) is 8.80. The number of anilines is 1. The molecule has 0 aliphatic carbocycles. The minimum Gasteiger partial charge on any atom is -0.390 e. The van der Waals surface area contributed by atoms with Crippen molar-refractivity contribution in [3.8, 4) is 0 Å². The number of rotatable bonds is 1. The summed E-state index contributed by atoms with van der Waals surface area (Å²) in [6.07, 6.45) is 2.78. The van der Waals surface area contributed by atoms with Crippen LogP contribution >= 0.6 is 0 Å². The molecule has 0 saturated carbocycles. The van der Waals surface area contributed by atoms with E-state index in [1.54, 1.807) is 0 Å². The highest BCUT2D eigenvalue weighted by atomic mass is 16.3. The van der Waals surface area contributed by atoms with Gasteiger partial charge in [0.2, 0.25) is 0 Å². The maximum Gasteiger partial charge on any atom is 0.183 e. The Morgan fingerprint density at radius 3 is 2.92 bits per heavy atom. The van der Waals surface area contributed by atoms with Gasteiger partial charge in [-0.1, -0.05) is 0 Å². The minimum absolute atomic E-state index is 0.169. The summed E-state index contributed by atoms with van der Waals surface area (Å²) in [6, 6.07) is 0. The molecule has 2 aromatic heterocycles. The molecule has 0 bridgehead atoms. The molecule has 6 heteroatoms. The molecule has 0 spiro atoms. The predicted octanol–water partition coefficient (Wildman–Crippen LogP) is -0.506. The van der Waals surface area contributed by atoms with Crippen molar-refractivity contribution in [2.75, 3.05) is 5.73 Å². The SMILES string of the molecule is Nc1ncnc2ncc(CO)nc12. The molecule has 0 atom stereocenters. The second kappa shape index (κ2) is 2.91. The van der Waals surface area contributed by atoms with Gasteiger partial charge in [-0.3, -0.25) is 0 Å².